The maximum atomic E-state index is 11.6. The van der Waals surface area contributed by atoms with Crippen molar-refractivity contribution in [1.82, 2.24) is 0 Å². The molecule has 0 unspecified atom stereocenters. The molecule has 0 saturated heterocycles. The molecule has 3 nitrogen and oxygen atoms in total. The number of alkyl halides is 1. The number of ether oxygens (including phenoxy) is 2. The third-order valence-electron chi connectivity index (χ3n) is 3.55. The van der Waals surface area contributed by atoms with Crippen molar-refractivity contribution in [3.05, 3.63) is 64.7 Å². The van der Waals surface area contributed by atoms with Crippen molar-refractivity contribution in [2.24, 2.45) is 0 Å². The summed E-state index contributed by atoms with van der Waals surface area (Å²) in [4.78, 5) is 11.6. The average molecular weight is 363 g/mol. The molecule has 2 aromatic carbocycles. The van der Waals surface area contributed by atoms with Gasteiger partial charge in [-0.05, 0) is 41.7 Å². The lowest BCUT2D eigenvalue weighted by Crippen LogP contribution is -2.04. The Hall–Kier alpha value is -1.81. The summed E-state index contributed by atoms with van der Waals surface area (Å²) in [7, 11) is 2.93. The van der Waals surface area contributed by atoms with Gasteiger partial charge in [0.05, 0.1) is 14.2 Å². The lowest BCUT2D eigenvalue weighted by molar-refractivity contribution is 0.0597. The molecule has 0 heterocycles. The number of aryl methyl sites for hydroxylation is 2. The van der Waals surface area contributed by atoms with Crippen LogP contribution >= 0.6 is 15.9 Å². The second-order valence-electron chi connectivity index (χ2n) is 4.98. The third kappa shape index (κ3) is 4.10. The Morgan fingerprint density at radius 3 is 2.14 bits per heavy atom. The van der Waals surface area contributed by atoms with Gasteiger partial charge < -0.3 is 9.47 Å². The second-order valence-corrected chi connectivity index (χ2v) is 5.54. The summed E-state index contributed by atoms with van der Waals surface area (Å²) in [6.07, 6.45) is 1.84. The van der Waals surface area contributed by atoms with Crippen LogP contribution in [0.4, 0.5) is 0 Å². The minimum Gasteiger partial charge on any atom is -0.496 e. The van der Waals surface area contributed by atoms with E-state index < -0.39 is 0 Å². The molecule has 0 atom stereocenters. The molecule has 116 valence electrons. The van der Waals surface area contributed by atoms with E-state index in [0.717, 1.165) is 23.7 Å². The van der Waals surface area contributed by atoms with Gasteiger partial charge in [0, 0.05) is 5.33 Å². The molecule has 22 heavy (non-hydrogen) atoms. The SMILES string of the molecule is COC(=O)c1ccc(CCc2ccc(CBr)cc2)cc1OC. The fourth-order valence-corrected chi connectivity index (χ4v) is 2.63. The quantitative estimate of drug-likeness (QED) is 0.571. The average Bonchev–Trinajstić information content (AvgIpc) is 2.59. The third-order valence-corrected chi connectivity index (χ3v) is 4.20. The largest absolute Gasteiger partial charge is 0.496 e. The van der Waals surface area contributed by atoms with Gasteiger partial charge in [0.2, 0.25) is 0 Å². The van der Waals surface area contributed by atoms with Crippen molar-refractivity contribution in [2.75, 3.05) is 14.2 Å². The molecular weight excluding hydrogens is 344 g/mol. The molecule has 0 N–H and O–H groups in total. The number of carbonyl (C=O) groups is 1. The molecular formula is C18H19BrO3. The molecule has 0 aromatic heterocycles. The zero-order chi connectivity index (χ0) is 15.9. The topological polar surface area (TPSA) is 35.5 Å². The molecule has 2 aromatic rings. The first kappa shape index (κ1) is 16.6. The number of methoxy groups -OCH3 is 2. The Kier molecular flexibility index (Phi) is 6.01. The minimum absolute atomic E-state index is 0.381. The van der Waals surface area contributed by atoms with Gasteiger partial charge in [-0.2, -0.15) is 0 Å². The van der Waals surface area contributed by atoms with Crippen molar-refractivity contribution in [2.45, 2.75) is 18.2 Å². The molecule has 0 bridgehead atoms. The predicted molar refractivity (Wildman–Crippen MR) is 90.8 cm³/mol. The smallest absolute Gasteiger partial charge is 0.341 e. The Morgan fingerprint density at radius 2 is 1.55 bits per heavy atom. The van der Waals surface area contributed by atoms with Crippen LogP contribution in [-0.2, 0) is 22.9 Å². The number of rotatable bonds is 6. The predicted octanol–water partition coefficient (Wildman–Crippen LogP) is 4.16. The van der Waals surface area contributed by atoms with Crippen LogP contribution in [0, 0.1) is 0 Å². The minimum atomic E-state index is -0.381. The first-order valence-corrected chi connectivity index (χ1v) is 8.19. The molecule has 0 spiro atoms. The molecule has 0 aliphatic carbocycles. The van der Waals surface area contributed by atoms with E-state index in [2.05, 4.69) is 40.2 Å². The molecule has 0 saturated carbocycles. The normalized spacial score (nSPS) is 10.3. The number of hydrogen-bond donors (Lipinski definition) is 0. The van der Waals surface area contributed by atoms with Crippen LogP contribution in [0.15, 0.2) is 42.5 Å². The standard InChI is InChI=1S/C18H19BrO3/c1-21-17-11-14(9-10-16(17)18(20)22-2)6-3-13-4-7-15(12-19)8-5-13/h4-5,7-11H,3,6,12H2,1-2H3. The summed E-state index contributed by atoms with van der Waals surface area (Å²) in [6, 6.07) is 14.2. The zero-order valence-electron chi connectivity index (χ0n) is 12.8. The number of esters is 1. The number of hydrogen-bond acceptors (Lipinski definition) is 3. The molecule has 0 fully saturated rings. The van der Waals surface area contributed by atoms with Gasteiger partial charge in [-0.1, -0.05) is 46.3 Å². The van der Waals surface area contributed by atoms with Crippen molar-refractivity contribution < 1.29 is 14.3 Å². The van der Waals surface area contributed by atoms with E-state index in [0.29, 0.717) is 11.3 Å². The van der Waals surface area contributed by atoms with Crippen LogP contribution in [0.5, 0.6) is 5.75 Å². The van der Waals surface area contributed by atoms with Crippen LogP contribution in [0.2, 0.25) is 0 Å². The summed E-state index contributed by atoms with van der Waals surface area (Å²) < 4.78 is 10.0. The second kappa shape index (κ2) is 7.99. The van der Waals surface area contributed by atoms with Gasteiger partial charge in [0.25, 0.3) is 0 Å². The van der Waals surface area contributed by atoms with E-state index in [1.165, 1.54) is 18.2 Å². The van der Waals surface area contributed by atoms with Crippen LogP contribution in [0.25, 0.3) is 0 Å². The fourth-order valence-electron chi connectivity index (χ4n) is 2.25. The summed E-state index contributed by atoms with van der Waals surface area (Å²) in [5.41, 5.74) is 4.15. The highest BCUT2D eigenvalue weighted by Crippen LogP contribution is 2.22. The lowest BCUT2D eigenvalue weighted by atomic mass is 10.0. The highest BCUT2D eigenvalue weighted by molar-refractivity contribution is 9.08. The van der Waals surface area contributed by atoms with E-state index >= 15 is 0 Å². The van der Waals surface area contributed by atoms with Crippen molar-refractivity contribution in [1.29, 1.82) is 0 Å². The number of carbonyl (C=O) groups excluding carboxylic acids is 1. The van der Waals surface area contributed by atoms with E-state index in [1.54, 1.807) is 13.2 Å². The van der Waals surface area contributed by atoms with E-state index in [9.17, 15) is 4.79 Å². The van der Waals surface area contributed by atoms with Crippen molar-refractivity contribution in [3.8, 4) is 5.75 Å². The summed E-state index contributed by atoms with van der Waals surface area (Å²) in [5, 5.41) is 0.874. The van der Waals surface area contributed by atoms with Gasteiger partial charge in [-0.3, -0.25) is 0 Å². The van der Waals surface area contributed by atoms with E-state index in [-0.39, 0.29) is 5.97 Å². The number of benzene rings is 2. The molecule has 4 heteroatoms. The van der Waals surface area contributed by atoms with Crippen LogP contribution in [0.3, 0.4) is 0 Å². The summed E-state index contributed by atoms with van der Waals surface area (Å²) in [6.45, 7) is 0. The molecule has 0 radical (unpaired) electrons. The Balaban J connectivity index is 2.07. The Morgan fingerprint density at radius 1 is 0.955 bits per heavy atom. The van der Waals surface area contributed by atoms with Gasteiger partial charge in [0.15, 0.2) is 0 Å². The lowest BCUT2D eigenvalue weighted by Gasteiger charge is -2.09. The first-order chi connectivity index (χ1) is 10.7. The maximum absolute atomic E-state index is 11.6. The highest BCUT2D eigenvalue weighted by atomic mass is 79.9. The van der Waals surface area contributed by atoms with Crippen LogP contribution in [0.1, 0.15) is 27.0 Å². The maximum Gasteiger partial charge on any atom is 0.341 e. The molecule has 2 rings (SSSR count). The van der Waals surface area contributed by atoms with E-state index in [4.69, 9.17) is 9.47 Å². The fraction of sp³-hybridized carbons (Fsp3) is 0.278. The first-order valence-electron chi connectivity index (χ1n) is 7.07. The van der Waals surface area contributed by atoms with Gasteiger partial charge >= 0.3 is 5.97 Å². The van der Waals surface area contributed by atoms with Crippen molar-refractivity contribution in [3.63, 3.8) is 0 Å². The van der Waals surface area contributed by atoms with Crippen molar-refractivity contribution >= 4 is 21.9 Å². The van der Waals surface area contributed by atoms with Gasteiger partial charge in [-0.15, -0.1) is 0 Å². The van der Waals surface area contributed by atoms with Gasteiger partial charge in [0.1, 0.15) is 11.3 Å². The number of halogens is 1. The molecule has 0 aliphatic rings. The van der Waals surface area contributed by atoms with Gasteiger partial charge in [-0.25, -0.2) is 4.79 Å². The Labute approximate surface area is 139 Å². The van der Waals surface area contributed by atoms with E-state index in [1.807, 2.05) is 12.1 Å². The van der Waals surface area contributed by atoms with Crippen LogP contribution < -0.4 is 4.74 Å². The highest BCUT2D eigenvalue weighted by Gasteiger charge is 2.12. The van der Waals surface area contributed by atoms with Crippen LogP contribution in [-0.4, -0.2) is 20.2 Å². The Bertz CT molecular complexity index is 635. The molecule has 0 amide bonds. The monoisotopic (exact) mass is 362 g/mol. The molecule has 0 aliphatic heterocycles. The zero-order valence-corrected chi connectivity index (χ0v) is 14.4. The summed E-state index contributed by atoms with van der Waals surface area (Å²) >= 11 is 3.45. The summed E-state index contributed by atoms with van der Waals surface area (Å²) in [5.74, 6) is 0.174.